The minimum Gasteiger partial charge on any atom is -0.333 e. The van der Waals surface area contributed by atoms with Crippen molar-refractivity contribution < 1.29 is 10.1 Å². The van der Waals surface area contributed by atoms with Gasteiger partial charge in [-0.3, -0.25) is 4.79 Å². The van der Waals surface area contributed by atoms with Crippen LogP contribution >= 0.6 is 11.6 Å². The van der Waals surface area contributed by atoms with Gasteiger partial charge in [-0.05, 0) is 51.0 Å². The summed E-state index contributed by atoms with van der Waals surface area (Å²) in [6.07, 6.45) is 0. The van der Waals surface area contributed by atoms with Gasteiger partial charge < -0.3 is 10.6 Å². The molecule has 0 fully saturated rings. The Kier molecular flexibility index (Phi) is 5.80. The molecular formula is C19H24ClN2O+. The van der Waals surface area contributed by atoms with Gasteiger partial charge in [0.25, 0.3) is 5.91 Å². The van der Waals surface area contributed by atoms with E-state index < -0.39 is 0 Å². The SMILES string of the molecule is Cc1cc(C)c(NC(=O)C[NH2+][C@@H](C)c2ccc(Cl)cc2)c(C)c1. The molecule has 0 radical (unpaired) electrons. The molecular weight excluding hydrogens is 308 g/mol. The highest BCUT2D eigenvalue weighted by molar-refractivity contribution is 6.30. The number of nitrogens with two attached hydrogens (primary N) is 1. The zero-order valence-electron chi connectivity index (χ0n) is 14.1. The number of halogens is 1. The molecule has 0 heterocycles. The summed E-state index contributed by atoms with van der Waals surface area (Å²) in [4.78, 5) is 12.2. The Bertz CT molecular complexity index is 672. The Morgan fingerprint density at radius 1 is 1.13 bits per heavy atom. The molecule has 0 saturated carbocycles. The van der Waals surface area contributed by atoms with Gasteiger partial charge in [0.2, 0.25) is 0 Å². The Hall–Kier alpha value is -1.84. The van der Waals surface area contributed by atoms with Gasteiger partial charge in [0.1, 0.15) is 6.04 Å². The van der Waals surface area contributed by atoms with E-state index in [0.717, 1.165) is 27.4 Å². The van der Waals surface area contributed by atoms with Crippen molar-refractivity contribution >= 4 is 23.2 Å². The zero-order chi connectivity index (χ0) is 17.0. The maximum absolute atomic E-state index is 12.2. The lowest BCUT2D eigenvalue weighted by Gasteiger charge is -2.14. The third-order valence-corrected chi connectivity index (χ3v) is 4.25. The number of carbonyl (C=O) groups is 1. The summed E-state index contributed by atoms with van der Waals surface area (Å²) in [6, 6.07) is 12.1. The molecule has 2 aromatic rings. The van der Waals surface area contributed by atoms with Gasteiger partial charge in [-0.25, -0.2) is 0 Å². The van der Waals surface area contributed by atoms with E-state index in [0.29, 0.717) is 6.54 Å². The molecule has 0 aliphatic heterocycles. The van der Waals surface area contributed by atoms with E-state index in [4.69, 9.17) is 11.6 Å². The Labute approximate surface area is 143 Å². The normalized spacial score (nSPS) is 12.0. The maximum atomic E-state index is 12.2. The van der Waals surface area contributed by atoms with Crippen LogP contribution in [0.1, 0.15) is 35.2 Å². The number of anilines is 1. The lowest BCUT2D eigenvalue weighted by molar-refractivity contribution is -0.682. The number of amides is 1. The highest BCUT2D eigenvalue weighted by atomic mass is 35.5. The van der Waals surface area contributed by atoms with E-state index in [1.165, 1.54) is 5.56 Å². The van der Waals surface area contributed by atoms with Crippen LogP contribution in [0.4, 0.5) is 5.69 Å². The lowest BCUT2D eigenvalue weighted by Crippen LogP contribution is -2.86. The molecule has 0 aliphatic rings. The lowest BCUT2D eigenvalue weighted by atomic mass is 10.1. The summed E-state index contributed by atoms with van der Waals surface area (Å²) in [5.41, 5.74) is 5.49. The van der Waals surface area contributed by atoms with Gasteiger partial charge in [-0.15, -0.1) is 0 Å². The van der Waals surface area contributed by atoms with Crippen LogP contribution in [0.25, 0.3) is 0 Å². The van der Waals surface area contributed by atoms with Crippen LogP contribution in [0, 0.1) is 20.8 Å². The molecule has 0 spiro atoms. The molecule has 0 aromatic heterocycles. The second-order valence-electron chi connectivity index (χ2n) is 6.10. The molecule has 1 atom stereocenters. The van der Waals surface area contributed by atoms with E-state index in [-0.39, 0.29) is 11.9 Å². The van der Waals surface area contributed by atoms with Gasteiger partial charge in [-0.1, -0.05) is 41.4 Å². The van der Waals surface area contributed by atoms with Crippen molar-refractivity contribution in [3.05, 3.63) is 63.7 Å². The number of nitrogens with one attached hydrogen (secondary N) is 1. The molecule has 0 aliphatic carbocycles. The number of hydrogen-bond acceptors (Lipinski definition) is 1. The minimum absolute atomic E-state index is 0.0147. The topological polar surface area (TPSA) is 45.7 Å². The standard InChI is InChI=1S/C19H23ClN2O/c1-12-9-13(2)19(14(3)10-12)22-18(23)11-21-15(4)16-5-7-17(20)8-6-16/h5-10,15,21H,11H2,1-4H3,(H,22,23)/p+1/t15-/m0/s1. The second kappa shape index (κ2) is 7.62. The van der Waals surface area contributed by atoms with Gasteiger partial charge >= 0.3 is 0 Å². The second-order valence-corrected chi connectivity index (χ2v) is 6.54. The summed E-state index contributed by atoms with van der Waals surface area (Å²) in [5, 5.41) is 5.78. The quantitative estimate of drug-likeness (QED) is 0.865. The first-order valence-corrected chi connectivity index (χ1v) is 8.21. The molecule has 2 aromatic carbocycles. The van der Waals surface area contributed by atoms with E-state index in [1.807, 2.05) is 43.4 Å². The van der Waals surface area contributed by atoms with Crippen molar-refractivity contribution in [2.45, 2.75) is 33.7 Å². The van der Waals surface area contributed by atoms with Crippen LogP contribution in [-0.2, 0) is 4.79 Å². The Balaban J connectivity index is 1.94. The predicted octanol–water partition coefficient (Wildman–Crippen LogP) is 3.53. The van der Waals surface area contributed by atoms with Crippen molar-refractivity contribution in [1.29, 1.82) is 0 Å². The van der Waals surface area contributed by atoms with Crippen LogP contribution < -0.4 is 10.6 Å². The predicted molar refractivity (Wildman–Crippen MR) is 95.9 cm³/mol. The molecule has 0 bridgehead atoms. The number of hydrogen-bond donors (Lipinski definition) is 2. The molecule has 0 unspecified atom stereocenters. The Morgan fingerprint density at radius 3 is 2.26 bits per heavy atom. The van der Waals surface area contributed by atoms with E-state index in [1.54, 1.807) is 0 Å². The molecule has 4 heteroatoms. The molecule has 122 valence electrons. The van der Waals surface area contributed by atoms with Crippen molar-refractivity contribution in [1.82, 2.24) is 0 Å². The number of rotatable bonds is 5. The summed E-state index contributed by atoms with van der Waals surface area (Å²) in [6.45, 7) is 8.58. The number of carbonyl (C=O) groups excluding carboxylic acids is 1. The van der Waals surface area contributed by atoms with Crippen LogP contribution in [0.15, 0.2) is 36.4 Å². The van der Waals surface area contributed by atoms with Gasteiger partial charge in [-0.2, -0.15) is 0 Å². The highest BCUT2D eigenvalue weighted by Crippen LogP contribution is 2.21. The molecule has 23 heavy (non-hydrogen) atoms. The monoisotopic (exact) mass is 331 g/mol. The number of benzene rings is 2. The fourth-order valence-electron chi connectivity index (χ4n) is 2.75. The Morgan fingerprint density at radius 2 is 1.70 bits per heavy atom. The van der Waals surface area contributed by atoms with E-state index in [9.17, 15) is 4.79 Å². The van der Waals surface area contributed by atoms with Gasteiger partial charge in [0, 0.05) is 16.3 Å². The van der Waals surface area contributed by atoms with Crippen molar-refractivity contribution in [2.75, 3.05) is 11.9 Å². The van der Waals surface area contributed by atoms with E-state index >= 15 is 0 Å². The molecule has 3 N–H and O–H groups in total. The number of quaternary nitrogens is 1. The summed E-state index contributed by atoms with van der Waals surface area (Å²) in [5.74, 6) is 0.0147. The van der Waals surface area contributed by atoms with Gasteiger partial charge in [0.15, 0.2) is 6.54 Å². The fourth-order valence-corrected chi connectivity index (χ4v) is 2.88. The smallest absolute Gasteiger partial charge is 0.279 e. The summed E-state index contributed by atoms with van der Waals surface area (Å²) in [7, 11) is 0. The third kappa shape index (κ3) is 4.81. The molecule has 2 rings (SSSR count). The van der Waals surface area contributed by atoms with Crippen LogP contribution in [0.2, 0.25) is 5.02 Å². The van der Waals surface area contributed by atoms with Crippen LogP contribution in [0.3, 0.4) is 0 Å². The first-order valence-electron chi connectivity index (χ1n) is 7.83. The van der Waals surface area contributed by atoms with Crippen LogP contribution in [-0.4, -0.2) is 12.5 Å². The molecule has 1 amide bonds. The minimum atomic E-state index is 0.0147. The molecule has 0 saturated heterocycles. The average molecular weight is 332 g/mol. The van der Waals surface area contributed by atoms with Crippen molar-refractivity contribution in [3.8, 4) is 0 Å². The maximum Gasteiger partial charge on any atom is 0.279 e. The van der Waals surface area contributed by atoms with E-state index in [2.05, 4.69) is 31.3 Å². The zero-order valence-corrected chi connectivity index (χ0v) is 14.9. The van der Waals surface area contributed by atoms with Gasteiger partial charge in [0.05, 0.1) is 0 Å². The molecule has 3 nitrogen and oxygen atoms in total. The average Bonchev–Trinajstić information content (AvgIpc) is 2.49. The highest BCUT2D eigenvalue weighted by Gasteiger charge is 2.13. The fraction of sp³-hybridized carbons (Fsp3) is 0.316. The first kappa shape index (κ1) is 17.5. The van der Waals surface area contributed by atoms with Crippen LogP contribution in [0.5, 0.6) is 0 Å². The first-order chi connectivity index (χ1) is 10.9. The van der Waals surface area contributed by atoms with Crippen molar-refractivity contribution in [3.63, 3.8) is 0 Å². The third-order valence-electron chi connectivity index (χ3n) is 3.99. The summed E-state index contributed by atoms with van der Waals surface area (Å²) < 4.78 is 0. The van der Waals surface area contributed by atoms with Crippen molar-refractivity contribution in [2.24, 2.45) is 0 Å². The number of aryl methyl sites for hydroxylation is 3. The largest absolute Gasteiger partial charge is 0.333 e. The summed E-state index contributed by atoms with van der Waals surface area (Å²) >= 11 is 5.90.